The van der Waals surface area contributed by atoms with Crippen molar-refractivity contribution in [3.63, 3.8) is 0 Å². The highest BCUT2D eigenvalue weighted by atomic mass is 19.4. The Kier molecular flexibility index (Phi) is 4.74. The summed E-state index contributed by atoms with van der Waals surface area (Å²) >= 11 is 0. The highest BCUT2D eigenvalue weighted by molar-refractivity contribution is 5.37. The topological polar surface area (TPSA) is 26.0 Å². The van der Waals surface area contributed by atoms with Gasteiger partial charge in [0.15, 0.2) is 0 Å². The third-order valence-electron chi connectivity index (χ3n) is 2.81. The molecule has 0 bridgehead atoms. The number of hydrogen-bond acceptors (Lipinski definition) is 1. The first-order chi connectivity index (χ1) is 8.93. The molecule has 114 valence electrons. The zero-order valence-electron chi connectivity index (χ0n) is 10.9. The summed E-state index contributed by atoms with van der Waals surface area (Å²) in [5, 5.41) is 0. The number of alkyl halides is 6. The summed E-state index contributed by atoms with van der Waals surface area (Å²) in [5.74, 6) is -0.0272. The van der Waals surface area contributed by atoms with Gasteiger partial charge in [0.2, 0.25) is 0 Å². The lowest BCUT2D eigenvalue weighted by atomic mass is 9.92. The fraction of sp³-hybridized carbons (Fsp3) is 0.538. The molecule has 0 heterocycles. The van der Waals surface area contributed by atoms with E-state index in [1.54, 1.807) is 13.8 Å². The van der Waals surface area contributed by atoms with E-state index < -0.39 is 35.1 Å². The molecule has 1 atom stereocenters. The Balaban J connectivity index is 3.34. The Bertz CT molecular complexity index is 461. The van der Waals surface area contributed by atoms with E-state index >= 15 is 0 Å². The summed E-state index contributed by atoms with van der Waals surface area (Å²) in [6, 6.07) is 0.275. The number of nitrogens with two attached hydrogens (primary N) is 1. The molecule has 0 amide bonds. The van der Waals surface area contributed by atoms with Gasteiger partial charge in [0.25, 0.3) is 0 Å². The number of benzene rings is 1. The van der Waals surface area contributed by atoms with Crippen LogP contribution in [0.1, 0.15) is 43.0 Å². The maximum absolute atomic E-state index is 12.8. The first-order valence-corrected chi connectivity index (χ1v) is 5.97. The minimum Gasteiger partial charge on any atom is -0.324 e. The van der Waals surface area contributed by atoms with Crippen LogP contribution < -0.4 is 5.73 Å². The van der Waals surface area contributed by atoms with E-state index in [1.165, 1.54) is 0 Å². The van der Waals surface area contributed by atoms with Crippen molar-refractivity contribution in [2.75, 3.05) is 0 Å². The fourth-order valence-corrected chi connectivity index (χ4v) is 1.94. The van der Waals surface area contributed by atoms with Crippen LogP contribution in [0, 0.1) is 5.92 Å². The van der Waals surface area contributed by atoms with E-state index in [9.17, 15) is 26.3 Å². The molecule has 1 rings (SSSR count). The molecule has 0 aromatic heterocycles. The molecule has 0 fully saturated rings. The van der Waals surface area contributed by atoms with E-state index in [1.807, 2.05) is 0 Å². The summed E-state index contributed by atoms with van der Waals surface area (Å²) < 4.78 is 76.3. The maximum Gasteiger partial charge on any atom is 0.416 e. The largest absolute Gasteiger partial charge is 0.416 e. The smallest absolute Gasteiger partial charge is 0.324 e. The summed E-state index contributed by atoms with van der Waals surface area (Å²) in [5.41, 5.74) is 2.89. The van der Waals surface area contributed by atoms with Crippen LogP contribution in [0.5, 0.6) is 0 Å². The van der Waals surface area contributed by atoms with Gasteiger partial charge in [0.1, 0.15) is 0 Å². The Morgan fingerprint density at radius 2 is 1.55 bits per heavy atom. The Morgan fingerprint density at radius 3 is 1.95 bits per heavy atom. The van der Waals surface area contributed by atoms with Crippen LogP contribution in [-0.2, 0) is 12.4 Å². The van der Waals surface area contributed by atoms with Gasteiger partial charge in [-0.2, -0.15) is 26.3 Å². The molecular weight excluding hydrogens is 284 g/mol. The number of rotatable bonds is 3. The second-order valence-corrected chi connectivity index (χ2v) is 5.03. The van der Waals surface area contributed by atoms with Gasteiger partial charge in [0.05, 0.1) is 11.1 Å². The van der Waals surface area contributed by atoms with Crippen LogP contribution in [0.15, 0.2) is 18.2 Å². The standard InChI is InChI=1S/C13H15F6N/c1-7(2)5-11(20)9-6-8(12(14,15)16)3-4-10(9)13(17,18)19/h3-4,6-7,11H,5,20H2,1-2H3/t11-/m0/s1. The van der Waals surface area contributed by atoms with Gasteiger partial charge in [-0.3, -0.25) is 0 Å². The number of hydrogen-bond donors (Lipinski definition) is 1. The van der Waals surface area contributed by atoms with E-state index in [0.717, 1.165) is 0 Å². The molecule has 2 N–H and O–H groups in total. The molecular formula is C13H15F6N. The molecule has 1 aromatic carbocycles. The molecule has 0 unspecified atom stereocenters. The highest BCUT2D eigenvalue weighted by Crippen LogP contribution is 2.39. The summed E-state index contributed by atoms with van der Waals surface area (Å²) in [4.78, 5) is 0. The van der Waals surface area contributed by atoms with Gasteiger partial charge < -0.3 is 5.73 Å². The van der Waals surface area contributed by atoms with Crippen LogP contribution in [0.4, 0.5) is 26.3 Å². The van der Waals surface area contributed by atoms with Gasteiger partial charge in [0, 0.05) is 6.04 Å². The van der Waals surface area contributed by atoms with Crippen molar-refractivity contribution in [1.29, 1.82) is 0 Å². The third-order valence-corrected chi connectivity index (χ3v) is 2.81. The van der Waals surface area contributed by atoms with Crippen LogP contribution in [0.25, 0.3) is 0 Å². The van der Waals surface area contributed by atoms with Crippen molar-refractivity contribution in [1.82, 2.24) is 0 Å². The fourth-order valence-electron chi connectivity index (χ4n) is 1.94. The molecule has 0 aliphatic carbocycles. The zero-order chi connectivity index (χ0) is 15.7. The minimum atomic E-state index is -4.73. The molecule has 0 spiro atoms. The molecule has 0 radical (unpaired) electrons. The van der Waals surface area contributed by atoms with Crippen molar-refractivity contribution in [2.24, 2.45) is 11.7 Å². The van der Waals surface area contributed by atoms with E-state index in [0.29, 0.717) is 18.2 Å². The molecule has 1 aromatic rings. The summed E-state index contributed by atoms with van der Waals surface area (Å²) in [6.07, 6.45) is -9.26. The highest BCUT2D eigenvalue weighted by Gasteiger charge is 2.38. The van der Waals surface area contributed by atoms with Crippen molar-refractivity contribution in [3.8, 4) is 0 Å². The Labute approximate surface area is 112 Å². The lowest BCUT2D eigenvalue weighted by Crippen LogP contribution is -2.20. The normalized spacial score (nSPS) is 14.7. The maximum atomic E-state index is 12.8. The van der Waals surface area contributed by atoms with Crippen LogP contribution >= 0.6 is 0 Å². The number of halogens is 6. The van der Waals surface area contributed by atoms with Gasteiger partial charge in [-0.1, -0.05) is 13.8 Å². The molecule has 7 heteroatoms. The van der Waals surface area contributed by atoms with Crippen molar-refractivity contribution < 1.29 is 26.3 Å². The van der Waals surface area contributed by atoms with E-state index in [-0.39, 0.29) is 12.3 Å². The first kappa shape index (κ1) is 16.8. The second-order valence-electron chi connectivity index (χ2n) is 5.03. The molecule has 0 aliphatic heterocycles. The third kappa shape index (κ3) is 4.13. The summed E-state index contributed by atoms with van der Waals surface area (Å²) in [6.45, 7) is 3.47. The van der Waals surface area contributed by atoms with Gasteiger partial charge in [-0.25, -0.2) is 0 Å². The first-order valence-electron chi connectivity index (χ1n) is 5.97. The zero-order valence-corrected chi connectivity index (χ0v) is 10.9. The van der Waals surface area contributed by atoms with Crippen LogP contribution in [0.2, 0.25) is 0 Å². The molecule has 0 aliphatic rings. The Hall–Kier alpha value is -1.24. The summed E-state index contributed by atoms with van der Waals surface area (Å²) in [7, 11) is 0. The van der Waals surface area contributed by atoms with Crippen molar-refractivity contribution in [3.05, 3.63) is 34.9 Å². The molecule has 0 saturated carbocycles. The van der Waals surface area contributed by atoms with Gasteiger partial charge in [-0.15, -0.1) is 0 Å². The average Bonchev–Trinajstić information content (AvgIpc) is 2.24. The SMILES string of the molecule is CC(C)C[C@H](N)c1cc(C(F)(F)F)ccc1C(F)(F)F. The quantitative estimate of drug-likeness (QED) is 0.799. The van der Waals surface area contributed by atoms with Gasteiger partial charge >= 0.3 is 12.4 Å². The lowest BCUT2D eigenvalue weighted by Gasteiger charge is -2.21. The molecule has 20 heavy (non-hydrogen) atoms. The predicted molar refractivity (Wildman–Crippen MR) is 62.8 cm³/mol. The Morgan fingerprint density at radius 1 is 1.00 bits per heavy atom. The van der Waals surface area contributed by atoms with E-state index in [4.69, 9.17) is 5.73 Å². The van der Waals surface area contributed by atoms with Crippen molar-refractivity contribution >= 4 is 0 Å². The van der Waals surface area contributed by atoms with E-state index in [2.05, 4.69) is 0 Å². The van der Waals surface area contributed by atoms with Crippen LogP contribution in [-0.4, -0.2) is 0 Å². The minimum absolute atomic E-state index is 0.0272. The molecule has 0 saturated heterocycles. The lowest BCUT2D eigenvalue weighted by molar-refractivity contribution is -0.142. The second kappa shape index (κ2) is 5.63. The van der Waals surface area contributed by atoms with Gasteiger partial charge in [-0.05, 0) is 36.1 Å². The van der Waals surface area contributed by atoms with Crippen molar-refractivity contribution in [2.45, 2.75) is 38.7 Å². The van der Waals surface area contributed by atoms with Crippen LogP contribution in [0.3, 0.4) is 0 Å². The average molecular weight is 299 g/mol. The molecule has 1 nitrogen and oxygen atoms in total. The predicted octanol–water partition coefficient (Wildman–Crippen LogP) is 4.77. The monoisotopic (exact) mass is 299 g/mol.